The molecule has 0 bridgehead atoms. The van der Waals surface area contributed by atoms with Crippen LogP contribution in [0.25, 0.3) is 0 Å². The summed E-state index contributed by atoms with van der Waals surface area (Å²) >= 11 is 4.86. The molecular formula is C7H8PS+. The third-order valence-electron chi connectivity index (χ3n) is 1.12. The van der Waals surface area contributed by atoms with E-state index >= 15 is 0 Å². The summed E-state index contributed by atoms with van der Waals surface area (Å²) in [6.45, 7) is 0. The van der Waals surface area contributed by atoms with Crippen LogP contribution < -0.4 is 0 Å². The van der Waals surface area contributed by atoms with Crippen molar-refractivity contribution in [1.29, 1.82) is 0 Å². The number of rotatable bonds is 2. The fourth-order valence-electron chi connectivity index (χ4n) is 0.679. The molecule has 0 saturated carbocycles. The van der Waals surface area contributed by atoms with Gasteiger partial charge in [0.05, 0.1) is 0 Å². The Morgan fingerprint density at radius 3 is 2.44 bits per heavy atom. The molecule has 0 fully saturated rings. The monoisotopic (exact) mass is 155 g/mol. The highest BCUT2D eigenvalue weighted by atomic mass is 32.4. The minimum absolute atomic E-state index is 0.619. The number of benzene rings is 1. The summed E-state index contributed by atoms with van der Waals surface area (Å²) in [4.78, 5) is 0. The Hall–Kier alpha value is -0.260. The zero-order chi connectivity index (χ0) is 6.53. The Labute approximate surface area is 61.7 Å². The van der Waals surface area contributed by atoms with E-state index in [1.807, 2.05) is 18.2 Å². The highest BCUT2D eigenvalue weighted by molar-refractivity contribution is 7.96. The van der Waals surface area contributed by atoms with E-state index in [1.165, 1.54) is 5.56 Å². The van der Waals surface area contributed by atoms with Crippen molar-refractivity contribution in [1.82, 2.24) is 0 Å². The van der Waals surface area contributed by atoms with Gasteiger partial charge in [0.25, 0.3) is 0 Å². The Morgan fingerprint density at radius 1 is 1.22 bits per heavy atom. The molecule has 46 valence electrons. The van der Waals surface area contributed by atoms with Crippen LogP contribution in [0.2, 0.25) is 0 Å². The molecule has 1 atom stereocenters. The van der Waals surface area contributed by atoms with Crippen LogP contribution in [0.3, 0.4) is 0 Å². The molecular weight excluding hydrogens is 147 g/mol. The van der Waals surface area contributed by atoms with Crippen LogP contribution in [0.15, 0.2) is 30.3 Å². The van der Waals surface area contributed by atoms with E-state index in [1.54, 1.807) is 0 Å². The molecule has 0 aromatic heterocycles. The number of hydrogen-bond acceptors (Lipinski definition) is 1. The standard InChI is InChI=1S/C7H7PS/c9-8-6-7-4-2-1-3-5-7/h1-5H,6H2/p+1. The first-order valence-corrected chi connectivity index (χ1v) is 5.16. The average Bonchev–Trinajstić information content (AvgIpc) is 1.91. The van der Waals surface area contributed by atoms with Gasteiger partial charge < -0.3 is 0 Å². The average molecular weight is 155 g/mol. The molecule has 0 aliphatic carbocycles. The molecule has 1 aromatic carbocycles. The molecule has 0 spiro atoms. The Balaban J connectivity index is 2.72. The first-order valence-electron chi connectivity index (χ1n) is 2.82. The van der Waals surface area contributed by atoms with Crippen LogP contribution in [0.4, 0.5) is 0 Å². The van der Waals surface area contributed by atoms with Gasteiger partial charge in [-0.3, -0.25) is 0 Å². The first-order chi connectivity index (χ1) is 4.43. The SMILES string of the molecule is S=[PH+]Cc1ccccc1. The summed E-state index contributed by atoms with van der Waals surface area (Å²) in [5.41, 5.74) is 1.35. The van der Waals surface area contributed by atoms with Crippen LogP contribution in [-0.4, -0.2) is 0 Å². The summed E-state index contributed by atoms with van der Waals surface area (Å²) in [6, 6.07) is 10.3. The molecule has 1 aromatic rings. The Kier molecular flexibility index (Phi) is 2.82. The summed E-state index contributed by atoms with van der Waals surface area (Å²) in [6.07, 6.45) is 1.05. The van der Waals surface area contributed by atoms with E-state index in [4.69, 9.17) is 11.8 Å². The maximum absolute atomic E-state index is 4.86. The van der Waals surface area contributed by atoms with Crippen molar-refractivity contribution >= 4 is 19.2 Å². The van der Waals surface area contributed by atoms with E-state index in [-0.39, 0.29) is 0 Å². The molecule has 1 unspecified atom stereocenters. The van der Waals surface area contributed by atoms with Crippen LogP contribution in [0.5, 0.6) is 0 Å². The zero-order valence-electron chi connectivity index (χ0n) is 5.00. The van der Waals surface area contributed by atoms with Crippen molar-refractivity contribution in [2.45, 2.75) is 6.16 Å². The lowest BCUT2D eigenvalue weighted by molar-refractivity contribution is 1.42. The molecule has 0 aliphatic heterocycles. The normalized spacial score (nSPS) is 9.78. The van der Waals surface area contributed by atoms with Crippen LogP contribution >= 0.6 is 7.36 Å². The molecule has 0 saturated heterocycles. The van der Waals surface area contributed by atoms with Crippen LogP contribution in [0.1, 0.15) is 5.56 Å². The van der Waals surface area contributed by atoms with E-state index < -0.39 is 0 Å². The van der Waals surface area contributed by atoms with Crippen molar-refractivity contribution in [2.24, 2.45) is 0 Å². The molecule has 0 radical (unpaired) electrons. The maximum Gasteiger partial charge on any atom is 0.165 e. The maximum atomic E-state index is 4.86. The minimum Gasteiger partial charge on any atom is -0.0622 e. The molecule has 2 heteroatoms. The fraction of sp³-hybridized carbons (Fsp3) is 0.143. The Morgan fingerprint density at radius 2 is 1.89 bits per heavy atom. The zero-order valence-corrected chi connectivity index (χ0v) is 6.82. The third-order valence-corrected chi connectivity index (χ3v) is 2.10. The third kappa shape index (κ3) is 2.21. The van der Waals surface area contributed by atoms with Crippen molar-refractivity contribution < 1.29 is 0 Å². The fourth-order valence-corrected chi connectivity index (χ4v) is 1.58. The largest absolute Gasteiger partial charge is 0.165 e. The predicted molar refractivity (Wildman–Crippen MR) is 45.8 cm³/mol. The second-order valence-electron chi connectivity index (χ2n) is 1.81. The van der Waals surface area contributed by atoms with Gasteiger partial charge in [-0.15, -0.1) is 0 Å². The van der Waals surface area contributed by atoms with Gasteiger partial charge in [0.2, 0.25) is 0 Å². The van der Waals surface area contributed by atoms with E-state index in [9.17, 15) is 0 Å². The lowest BCUT2D eigenvalue weighted by Gasteiger charge is -1.85. The van der Waals surface area contributed by atoms with Crippen molar-refractivity contribution in [2.75, 3.05) is 0 Å². The smallest absolute Gasteiger partial charge is 0.0622 e. The summed E-state index contributed by atoms with van der Waals surface area (Å²) in [7, 11) is 0.619. The highest BCUT2D eigenvalue weighted by Crippen LogP contribution is 2.07. The van der Waals surface area contributed by atoms with Crippen LogP contribution in [-0.2, 0) is 18.0 Å². The predicted octanol–water partition coefficient (Wildman–Crippen LogP) is 2.33. The lowest BCUT2D eigenvalue weighted by atomic mass is 10.2. The van der Waals surface area contributed by atoms with E-state index in [0.29, 0.717) is 7.36 Å². The number of hydrogen-bond donors (Lipinski definition) is 0. The van der Waals surface area contributed by atoms with Gasteiger partial charge in [-0.25, -0.2) is 0 Å². The Bertz CT molecular complexity index is 183. The van der Waals surface area contributed by atoms with Gasteiger partial charge >= 0.3 is 0 Å². The molecule has 0 amide bonds. The first kappa shape index (κ1) is 6.85. The second-order valence-corrected chi connectivity index (χ2v) is 3.31. The molecule has 9 heavy (non-hydrogen) atoms. The lowest BCUT2D eigenvalue weighted by Crippen LogP contribution is -1.71. The van der Waals surface area contributed by atoms with Crippen molar-refractivity contribution in [3.05, 3.63) is 35.9 Å². The summed E-state index contributed by atoms with van der Waals surface area (Å²) in [5.74, 6) is 0. The minimum atomic E-state index is 0.619. The molecule has 0 nitrogen and oxygen atoms in total. The molecule has 0 heterocycles. The van der Waals surface area contributed by atoms with Crippen molar-refractivity contribution in [3.63, 3.8) is 0 Å². The van der Waals surface area contributed by atoms with Crippen LogP contribution in [0, 0.1) is 0 Å². The van der Waals surface area contributed by atoms with Gasteiger partial charge in [-0.1, -0.05) is 30.3 Å². The van der Waals surface area contributed by atoms with Gasteiger partial charge in [0, 0.05) is 0 Å². The van der Waals surface area contributed by atoms with Gasteiger partial charge in [-0.2, -0.15) is 0 Å². The van der Waals surface area contributed by atoms with E-state index in [2.05, 4.69) is 12.1 Å². The summed E-state index contributed by atoms with van der Waals surface area (Å²) < 4.78 is 0. The van der Waals surface area contributed by atoms with Gasteiger partial charge in [-0.05, 0) is 5.56 Å². The quantitative estimate of drug-likeness (QED) is 0.590. The highest BCUT2D eigenvalue weighted by Gasteiger charge is 1.89. The topological polar surface area (TPSA) is 0 Å². The second kappa shape index (κ2) is 3.71. The summed E-state index contributed by atoms with van der Waals surface area (Å²) in [5, 5.41) is 0. The van der Waals surface area contributed by atoms with Crippen molar-refractivity contribution in [3.8, 4) is 0 Å². The van der Waals surface area contributed by atoms with E-state index in [0.717, 1.165) is 6.16 Å². The van der Waals surface area contributed by atoms with Gasteiger partial charge in [0.1, 0.15) is 6.16 Å². The molecule has 0 aliphatic rings. The molecule has 0 N–H and O–H groups in total. The molecule has 1 rings (SSSR count). The van der Waals surface area contributed by atoms with Gasteiger partial charge in [0.15, 0.2) is 19.2 Å².